The van der Waals surface area contributed by atoms with Gasteiger partial charge in [0.05, 0.1) is 13.2 Å². The summed E-state index contributed by atoms with van der Waals surface area (Å²) in [5, 5.41) is 2.60. The Morgan fingerprint density at radius 1 is 0.536 bits per heavy atom. The van der Waals surface area contributed by atoms with Crippen molar-refractivity contribution in [3.8, 4) is 0 Å². The first-order chi connectivity index (χ1) is 27.2. The molecule has 0 saturated heterocycles. The van der Waals surface area contributed by atoms with Crippen molar-refractivity contribution in [2.45, 2.75) is 219 Å². The van der Waals surface area contributed by atoms with E-state index in [4.69, 9.17) is 18.5 Å². The Labute approximate surface area is 342 Å². The lowest BCUT2D eigenvalue weighted by atomic mass is 10.1. The summed E-state index contributed by atoms with van der Waals surface area (Å²) in [7, 11) is -4.50. The van der Waals surface area contributed by atoms with Crippen LogP contribution in [0.1, 0.15) is 213 Å². The predicted octanol–water partition coefficient (Wildman–Crippen LogP) is 12.6. The summed E-state index contributed by atoms with van der Waals surface area (Å²) in [6, 6.07) is 0. The van der Waals surface area contributed by atoms with Crippen molar-refractivity contribution in [2.75, 3.05) is 26.4 Å². The average molecular weight is 814 g/mol. The second-order valence-electron chi connectivity index (χ2n) is 15.2. The van der Waals surface area contributed by atoms with E-state index in [9.17, 15) is 23.8 Å². The Morgan fingerprint density at radius 3 is 1.43 bits per heavy atom. The molecule has 56 heavy (non-hydrogen) atoms. The summed E-state index contributed by atoms with van der Waals surface area (Å²) in [6.45, 7) is 5.43. The zero-order valence-corrected chi connectivity index (χ0v) is 37.0. The van der Waals surface area contributed by atoms with E-state index >= 15 is 0 Å². The zero-order valence-electron chi connectivity index (χ0n) is 36.1. The average Bonchev–Trinajstić information content (AvgIpc) is 3.17. The van der Waals surface area contributed by atoms with Crippen molar-refractivity contribution in [1.29, 1.82) is 0 Å². The number of phosphoric ester groups is 1. The number of esters is 2. The number of hydrogen-bond acceptors (Lipinski definition) is 8. The minimum atomic E-state index is -4.50. The van der Waals surface area contributed by atoms with Crippen LogP contribution in [0.15, 0.2) is 24.3 Å². The quantitative estimate of drug-likeness (QED) is 0.0267. The van der Waals surface area contributed by atoms with Gasteiger partial charge in [0.1, 0.15) is 6.61 Å². The van der Waals surface area contributed by atoms with Crippen molar-refractivity contribution >= 4 is 25.7 Å². The highest BCUT2D eigenvalue weighted by molar-refractivity contribution is 7.47. The summed E-state index contributed by atoms with van der Waals surface area (Å²) in [5.74, 6) is -1.06. The van der Waals surface area contributed by atoms with Crippen LogP contribution in [0.2, 0.25) is 0 Å². The number of carbonyl (C=O) groups is 3. The van der Waals surface area contributed by atoms with Gasteiger partial charge < -0.3 is 19.7 Å². The molecule has 0 spiro atoms. The minimum Gasteiger partial charge on any atom is -0.462 e. The highest BCUT2D eigenvalue weighted by atomic mass is 31.2. The molecular formula is C45H84NO9P. The number of unbranched alkanes of at least 4 members (excludes halogenated alkanes) is 22. The van der Waals surface area contributed by atoms with Gasteiger partial charge >= 0.3 is 19.8 Å². The molecule has 0 aromatic rings. The van der Waals surface area contributed by atoms with Crippen molar-refractivity contribution in [3.05, 3.63) is 24.3 Å². The van der Waals surface area contributed by atoms with Gasteiger partial charge in [-0.3, -0.25) is 23.4 Å². The van der Waals surface area contributed by atoms with Crippen molar-refractivity contribution in [3.63, 3.8) is 0 Å². The maximum Gasteiger partial charge on any atom is 0.472 e. The number of rotatable bonds is 42. The molecule has 0 saturated carbocycles. The lowest BCUT2D eigenvalue weighted by molar-refractivity contribution is -0.161. The summed E-state index contributed by atoms with van der Waals surface area (Å²) >= 11 is 0. The van der Waals surface area contributed by atoms with Gasteiger partial charge in [-0.05, 0) is 70.6 Å². The lowest BCUT2D eigenvalue weighted by Crippen LogP contribution is -2.30. The summed E-state index contributed by atoms with van der Waals surface area (Å²) in [5.41, 5.74) is 0. The van der Waals surface area contributed by atoms with Crippen LogP contribution in [0.4, 0.5) is 0 Å². The molecule has 0 rings (SSSR count). The first kappa shape index (κ1) is 54.0. The fraction of sp³-hybridized carbons (Fsp3) is 0.844. The summed E-state index contributed by atoms with van der Waals surface area (Å²) in [4.78, 5) is 46.9. The molecule has 0 heterocycles. The van der Waals surface area contributed by atoms with E-state index in [2.05, 4.69) is 43.5 Å². The van der Waals surface area contributed by atoms with Crippen molar-refractivity contribution in [1.82, 2.24) is 5.32 Å². The fourth-order valence-electron chi connectivity index (χ4n) is 6.18. The Balaban J connectivity index is 4.45. The van der Waals surface area contributed by atoms with Crippen LogP contribution in [0.5, 0.6) is 0 Å². The molecule has 2 atom stereocenters. The molecule has 0 fully saturated rings. The number of carbonyl (C=O) groups excluding carboxylic acids is 3. The molecule has 0 aliphatic heterocycles. The van der Waals surface area contributed by atoms with E-state index in [0.717, 1.165) is 64.2 Å². The molecule has 2 N–H and O–H groups in total. The van der Waals surface area contributed by atoms with Crippen LogP contribution in [-0.2, 0) is 37.5 Å². The van der Waals surface area contributed by atoms with E-state index in [0.29, 0.717) is 25.7 Å². The summed E-state index contributed by atoms with van der Waals surface area (Å²) in [6.07, 6.45) is 39.8. The van der Waals surface area contributed by atoms with Crippen molar-refractivity contribution in [2.24, 2.45) is 0 Å². The van der Waals surface area contributed by atoms with E-state index in [1.165, 1.54) is 89.9 Å². The third-order valence-corrected chi connectivity index (χ3v) is 10.6. The van der Waals surface area contributed by atoms with Gasteiger partial charge in [-0.1, -0.05) is 148 Å². The van der Waals surface area contributed by atoms with Gasteiger partial charge in [0.15, 0.2) is 6.10 Å². The second kappa shape index (κ2) is 41.2. The molecule has 1 unspecified atom stereocenters. The van der Waals surface area contributed by atoms with Crippen LogP contribution in [-0.4, -0.2) is 55.2 Å². The van der Waals surface area contributed by atoms with E-state index in [1.54, 1.807) is 0 Å². The van der Waals surface area contributed by atoms with Gasteiger partial charge in [-0.2, -0.15) is 0 Å². The maximum absolute atomic E-state index is 12.7. The van der Waals surface area contributed by atoms with Gasteiger partial charge in [0.2, 0.25) is 5.91 Å². The number of hydrogen-bond donors (Lipinski definition) is 2. The second-order valence-corrected chi connectivity index (χ2v) is 16.6. The van der Waals surface area contributed by atoms with Gasteiger partial charge in [-0.15, -0.1) is 0 Å². The first-order valence-corrected chi connectivity index (χ1v) is 24.3. The number of amides is 1. The van der Waals surface area contributed by atoms with Crippen LogP contribution >= 0.6 is 7.82 Å². The number of ether oxygens (including phenoxy) is 2. The van der Waals surface area contributed by atoms with Gasteiger partial charge in [-0.25, -0.2) is 4.57 Å². The fourth-order valence-corrected chi connectivity index (χ4v) is 6.93. The molecule has 328 valence electrons. The molecule has 0 radical (unpaired) electrons. The summed E-state index contributed by atoms with van der Waals surface area (Å²) < 4.78 is 33.4. The molecule has 0 aromatic carbocycles. The Bertz CT molecular complexity index is 1040. The van der Waals surface area contributed by atoms with Crippen LogP contribution < -0.4 is 5.32 Å². The zero-order chi connectivity index (χ0) is 41.2. The molecule has 0 aliphatic carbocycles. The molecular weight excluding hydrogens is 729 g/mol. The molecule has 11 heteroatoms. The smallest absolute Gasteiger partial charge is 0.462 e. The van der Waals surface area contributed by atoms with Gasteiger partial charge in [0.25, 0.3) is 0 Å². The highest BCUT2D eigenvalue weighted by Gasteiger charge is 2.26. The molecule has 0 bridgehead atoms. The highest BCUT2D eigenvalue weighted by Crippen LogP contribution is 2.43. The topological polar surface area (TPSA) is 137 Å². The predicted molar refractivity (Wildman–Crippen MR) is 229 cm³/mol. The van der Waals surface area contributed by atoms with Crippen LogP contribution in [0.25, 0.3) is 0 Å². The Hall–Kier alpha value is -2.00. The standard InChI is InChI=1S/C45H84NO9P/c1-4-7-9-11-13-15-17-19-21-23-25-27-29-31-33-36-44(48)52-40-42(41-54-56(50,51)53-39-38-46-43(47)35-6-3)55-45(49)37-34-32-30-28-26-24-22-20-18-16-14-12-10-8-5-2/h19-22,42H,4-18,23-41H2,1-3H3,(H,46,47)(H,50,51)/b21-19-,22-20-/t42-/m1/s1. The monoisotopic (exact) mass is 814 g/mol. The van der Waals surface area contributed by atoms with E-state index in [1.807, 2.05) is 6.92 Å². The number of nitrogens with one attached hydrogen (secondary N) is 1. The SMILES string of the molecule is CCCCCCCC/C=C\CCCCCCCC(=O)OC[C@H](COP(=O)(O)OCCNC(=O)CCC)OC(=O)CCCCCCC/C=C\CCCCCCCC. The van der Waals surface area contributed by atoms with Crippen LogP contribution in [0, 0.1) is 0 Å². The molecule has 10 nitrogen and oxygen atoms in total. The maximum atomic E-state index is 12.7. The van der Waals surface area contributed by atoms with E-state index in [-0.39, 0.29) is 38.5 Å². The van der Waals surface area contributed by atoms with Gasteiger partial charge in [0, 0.05) is 25.8 Å². The third-order valence-electron chi connectivity index (χ3n) is 9.59. The minimum absolute atomic E-state index is 0.0507. The number of allylic oxidation sites excluding steroid dienone is 4. The third kappa shape index (κ3) is 40.2. The molecule has 0 aliphatic rings. The van der Waals surface area contributed by atoms with Crippen molar-refractivity contribution < 1.29 is 42.4 Å². The van der Waals surface area contributed by atoms with E-state index < -0.39 is 32.5 Å². The molecule has 0 aromatic heterocycles. The largest absolute Gasteiger partial charge is 0.472 e. The Kier molecular flexibility index (Phi) is 39.7. The molecule has 1 amide bonds. The number of phosphoric acid groups is 1. The Morgan fingerprint density at radius 2 is 0.964 bits per heavy atom. The normalized spacial score (nSPS) is 13.3. The van der Waals surface area contributed by atoms with Crippen LogP contribution in [0.3, 0.4) is 0 Å². The first-order valence-electron chi connectivity index (χ1n) is 22.8. The lowest BCUT2D eigenvalue weighted by Gasteiger charge is -2.20.